The van der Waals surface area contributed by atoms with Crippen molar-refractivity contribution >= 4 is 0 Å². The highest BCUT2D eigenvalue weighted by Crippen LogP contribution is 2.29. The molecule has 1 aromatic heterocycles. The van der Waals surface area contributed by atoms with Gasteiger partial charge in [0.25, 0.3) is 0 Å². The van der Waals surface area contributed by atoms with E-state index in [0.29, 0.717) is 12.1 Å². The van der Waals surface area contributed by atoms with Gasteiger partial charge in [-0.2, -0.15) is 5.10 Å². The maximum absolute atomic E-state index is 4.20. The first-order valence-electron chi connectivity index (χ1n) is 9.82. The topological polar surface area (TPSA) is 52.7 Å². The monoisotopic (exact) mass is 360 g/mol. The Morgan fingerprint density at radius 3 is 2.52 bits per heavy atom. The van der Waals surface area contributed by atoms with Gasteiger partial charge in [-0.1, -0.05) is 59.7 Å². The minimum absolute atomic E-state index is 0.124. The molecule has 2 heterocycles. The maximum Gasteiger partial charge on any atom is 0.0610 e. The molecule has 3 atom stereocenters. The number of aryl methyl sites for hydroxylation is 2. The first-order valence-corrected chi connectivity index (χ1v) is 9.82. The Morgan fingerprint density at radius 2 is 1.81 bits per heavy atom. The first kappa shape index (κ1) is 18.0. The van der Waals surface area contributed by atoms with Gasteiger partial charge < -0.3 is 10.6 Å². The van der Waals surface area contributed by atoms with Crippen molar-refractivity contribution in [3.8, 4) is 0 Å². The Bertz CT molecular complexity index is 837. The highest BCUT2D eigenvalue weighted by atomic mass is 15.1. The quantitative estimate of drug-likeness (QED) is 0.639. The molecule has 3 N–H and O–H groups in total. The number of H-pyrrole nitrogens is 1. The van der Waals surface area contributed by atoms with E-state index >= 15 is 0 Å². The fourth-order valence-electron chi connectivity index (χ4n) is 4.27. The van der Waals surface area contributed by atoms with E-state index in [1.165, 1.54) is 34.2 Å². The van der Waals surface area contributed by atoms with Gasteiger partial charge in [-0.25, -0.2) is 0 Å². The fraction of sp³-hybridized carbons (Fsp3) is 0.348. The van der Waals surface area contributed by atoms with E-state index in [0.717, 1.165) is 13.0 Å². The molecule has 3 unspecified atom stereocenters. The minimum atomic E-state index is 0.124. The number of nitrogens with zero attached hydrogens (tertiary/aromatic N) is 1. The lowest BCUT2D eigenvalue weighted by Crippen LogP contribution is -2.47. The van der Waals surface area contributed by atoms with Crippen molar-refractivity contribution in [1.29, 1.82) is 0 Å². The predicted molar refractivity (Wildman–Crippen MR) is 110 cm³/mol. The molecule has 2 aromatic carbocycles. The fourth-order valence-corrected chi connectivity index (χ4v) is 4.27. The number of rotatable bonds is 5. The zero-order valence-electron chi connectivity index (χ0n) is 16.1. The molecule has 1 aliphatic heterocycles. The van der Waals surface area contributed by atoms with Gasteiger partial charge in [0, 0.05) is 23.8 Å². The zero-order chi connectivity index (χ0) is 18.6. The summed E-state index contributed by atoms with van der Waals surface area (Å²) in [6.07, 6.45) is 6.28. The van der Waals surface area contributed by atoms with Gasteiger partial charge in [0.1, 0.15) is 0 Å². The second-order valence-corrected chi connectivity index (χ2v) is 7.64. The Kier molecular flexibility index (Phi) is 5.37. The molecule has 3 aromatic rings. The van der Waals surface area contributed by atoms with E-state index in [1.54, 1.807) is 0 Å². The molecule has 1 fully saturated rings. The summed E-state index contributed by atoms with van der Waals surface area (Å²) in [6.45, 7) is 5.40. The molecule has 4 heteroatoms. The zero-order valence-corrected chi connectivity index (χ0v) is 16.1. The average Bonchev–Trinajstić information content (AvgIpc) is 3.21. The lowest BCUT2D eigenvalue weighted by atomic mass is 9.89. The van der Waals surface area contributed by atoms with Crippen LogP contribution in [0.25, 0.3) is 0 Å². The van der Waals surface area contributed by atoms with E-state index in [-0.39, 0.29) is 6.04 Å². The molecular formula is C23H28N4. The molecule has 0 saturated carbocycles. The van der Waals surface area contributed by atoms with Gasteiger partial charge in [-0.05, 0) is 44.4 Å². The van der Waals surface area contributed by atoms with Crippen molar-refractivity contribution in [2.45, 2.75) is 44.8 Å². The van der Waals surface area contributed by atoms with Crippen LogP contribution >= 0.6 is 0 Å². The second kappa shape index (κ2) is 8.07. The SMILES string of the molecule is Cc1cc(C)cc(C(NC2CCCNC2c2ccccc2)c2cn[nH]c2)c1. The van der Waals surface area contributed by atoms with Crippen LogP contribution in [0, 0.1) is 13.8 Å². The molecule has 4 rings (SSSR count). The van der Waals surface area contributed by atoms with Gasteiger partial charge >= 0.3 is 0 Å². The molecule has 0 amide bonds. The van der Waals surface area contributed by atoms with Crippen molar-refractivity contribution in [3.05, 3.63) is 88.7 Å². The highest BCUT2D eigenvalue weighted by Gasteiger charge is 2.29. The number of benzene rings is 2. The van der Waals surface area contributed by atoms with Crippen molar-refractivity contribution in [2.24, 2.45) is 0 Å². The second-order valence-electron chi connectivity index (χ2n) is 7.64. The Morgan fingerprint density at radius 1 is 1.04 bits per heavy atom. The van der Waals surface area contributed by atoms with Crippen molar-refractivity contribution in [3.63, 3.8) is 0 Å². The summed E-state index contributed by atoms with van der Waals surface area (Å²) in [5.74, 6) is 0. The number of aromatic amines is 1. The number of hydrogen-bond donors (Lipinski definition) is 3. The molecule has 0 radical (unpaired) electrons. The van der Waals surface area contributed by atoms with E-state index < -0.39 is 0 Å². The summed E-state index contributed by atoms with van der Waals surface area (Å²) in [4.78, 5) is 0. The van der Waals surface area contributed by atoms with Gasteiger partial charge in [-0.3, -0.25) is 5.10 Å². The molecular weight excluding hydrogens is 332 g/mol. The van der Waals surface area contributed by atoms with Crippen LogP contribution in [0.4, 0.5) is 0 Å². The van der Waals surface area contributed by atoms with E-state index in [1.807, 2.05) is 12.4 Å². The molecule has 0 bridgehead atoms. The van der Waals surface area contributed by atoms with Crippen LogP contribution in [0.2, 0.25) is 0 Å². The molecule has 0 aliphatic carbocycles. The van der Waals surface area contributed by atoms with Crippen molar-refractivity contribution in [2.75, 3.05) is 6.54 Å². The van der Waals surface area contributed by atoms with Gasteiger partial charge in [-0.15, -0.1) is 0 Å². The summed E-state index contributed by atoms with van der Waals surface area (Å²) < 4.78 is 0. The van der Waals surface area contributed by atoms with Crippen LogP contribution < -0.4 is 10.6 Å². The third kappa shape index (κ3) is 4.12. The Hall–Kier alpha value is -2.43. The van der Waals surface area contributed by atoms with Gasteiger partial charge in [0.05, 0.1) is 12.2 Å². The normalized spacial score (nSPS) is 21.1. The first-order chi connectivity index (χ1) is 13.2. The van der Waals surface area contributed by atoms with Crippen LogP contribution in [0.1, 0.15) is 52.7 Å². The number of aromatic nitrogens is 2. The van der Waals surface area contributed by atoms with Crippen LogP contribution in [0.15, 0.2) is 60.9 Å². The summed E-state index contributed by atoms with van der Waals surface area (Å²) in [6, 6.07) is 18.4. The highest BCUT2D eigenvalue weighted by molar-refractivity contribution is 5.36. The van der Waals surface area contributed by atoms with Crippen LogP contribution in [-0.2, 0) is 0 Å². The molecule has 27 heavy (non-hydrogen) atoms. The van der Waals surface area contributed by atoms with E-state index in [2.05, 4.69) is 83.2 Å². The standard InChI is InChI=1S/C23H28N4/c1-16-11-17(2)13-19(12-16)22(20-14-25-26-15-20)27-21-9-6-10-24-23(21)18-7-4-3-5-8-18/h3-5,7-8,11-15,21-24,27H,6,9-10H2,1-2H3,(H,25,26). The molecule has 1 aliphatic rings. The van der Waals surface area contributed by atoms with Gasteiger partial charge in [0.15, 0.2) is 0 Å². The Labute approximate surface area is 161 Å². The molecule has 0 spiro atoms. The summed E-state index contributed by atoms with van der Waals surface area (Å²) >= 11 is 0. The third-order valence-electron chi connectivity index (χ3n) is 5.43. The summed E-state index contributed by atoms with van der Waals surface area (Å²) in [5, 5.41) is 14.9. The molecule has 140 valence electrons. The summed E-state index contributed by atoms with van der Waals surface area (Å²) in [7, 11) is 0. The van der Waals surface area contributed by atoms with Crippen molar-refractivity contribution < 1.29 is 0 Å². The average molecular weight is 361 g/mol. The van der Waals surface area contributed by atoms with E-state index in [9.17, 15) is 0 Å². The van der Waals surface area contributed by atoms with E-state index in [4.69, 9.17) is 0 Å². The van der Waals surface area contributed by atoms with Crippen molar-refractivity contribution in [1.82, 2.24) is 20.8 Å². The smallest absolute Gasteiger partial charge is 0.0610 e. The molecule has 1 saturated heterocycles. The lowest BCUT2D eigenvalue weighted by molar-refractivity contribution is 0.292. The maximum atomic E-state index is 4.20. The van der Waals surface area contributed by atoms with Crippen LogP contribution in [0.5, 0.6) is 0 Å². The molecule has 4 nitrogen and oxygen atoms in total. The lowest BCUT2D eigenvalue weighted by Gasteiger charge is -2.36. The third-order valence-corrected chi connectivity index (χ3v) is 5.43. The largest absolute Gasteiger partial charge is 0.309 e. The number of hydrogen-bond acceptors (Lipinski definition) is 3. The Balaban J connectivity index is 1.66. The number of nitrogens with one attached hydrogen (secondary N) is 3. The van der Waals surface area contributed by atoms with Crippen LogP contribution in [0.3, 0.4) is 0 Å². The van der Waals surface area contributed by atoms with Crippen LogP contribution in [-0.4, -0.2) is 22.8 Å². The van der Waals surface area contributed by atoms with Gasteiger partial charge in [0.2, 0.25) is 0 Å². The predicted octanol–water partition coefficient (Wildman–Crippen LogP) is 4.20. The summed E-state index contributed by atoms with van der Waals surface area (Å²) in [5.41, 5.74) is 6.41. The number of piperidine rings is 1. The minimum Gasteiger partial charge on any atom is -0.309 e.